The van der Waals surface area contributed by atoms with Crippen LogP contribution in [0.4, 0.5) is 0 Å². The fourth-order valence-electron chi connectivity index (χ4n) is 3.33. The maximum absolute atomic E-state index is 12.2. The molecule has 0 bridgehead atoms. The molecule has 1 heterocycles. The van der Waals surface area contributed by atoms with Crippen LogP contribution in [0.3, 0.4) is 0 Å². The molecule has 1 aromatic heterocycles. The van der Waals surface area contributed by atoms with Crippen LogP contribution in [0.1, 0.15) is 56.2 Å². The quantitative estimate of drug-likeness (QED) is 0.717. The van der Waals surface area contributed by atoms with Crippen molar-refractivity contribution in [2.45, 2.75) is 57.6 Å². The van der Waals surface area contributed by atoms with Crippen LogP contribution >= 0.6 is 11.3 Å². The van der Waals surface area contributed by atoms with Crippen molar-refractivity contribution in [3.05, 3.63) is 46.2 Å². The molecular weight excluding hydrogens is 346 g/mol. The highest BCUT2D eigenvalue weighted by Crippen LogP contribution is 2.33. The highest BCUT2D eigenvalue weighted by molar-refractivity contribution is 7.07. The highest BCUT2D eigenvalue weighted by atomic mass is 32.1. The number of benzene rings is 1. The number of hydrogen-bond acceptors (Lipinski definition) is 4. The number of rotatable bonds is 8. The molecule has 3 rings (SSSR count). The number of amides is 1. The second-order valence-electron chi connectivity index (χ2n) is 6.86. The van der Waals surface area contributed by atoms with Gasteiger partial charge in [-0.3, -0.25) is 4.79 Å². The van der Waals surface area contributed by atoms with Crippen LogP contribution in [0, 0.1) is 0 Å². The topological polar surface area (TPSA) is 47.6 Å². The molecule has 1 N–H and O–H groups in total. The smallest absolute Gasteiger partial charge is 0.220 e. The summed E-state index contributed by atoms with van der Waals surface area (Å²) in [6.07, 6.45) is 6.27. The molecule has 2 aromatic rings. The van der Waals surface area contributed by atoms with Gasteiger partial charge < -0.3 is 14.8 Å². The number of carbonyl (C=O) groups excluding carboxylic acids is 1. The molecule has 5 heteroatoms. The first kappa shape index (κ1) is 18.8. The van der Waals surface area contributed by atoms with Crippen molar-refractivity contribution in [3.63, 3.8) is 0 Å². The predicted octanol–water partition coefficient (Wildman–Crippen LogP) is 4.89. The molecule has 1 aromatic carbocycles. The molecule has 0 unspecified atom stereocenters. The Balaban J connectivity index is 1.57. The summed E-state index contributed by atoms with van der Waals surface area (Å²) in [5.41, 5.74) is 2.23. The Morgan fingerprint density at radius 1 is 1.27 bits per heavy atom. The monoisotopic (exact) mass is 373 g/mol. The lowest BCUT2D eigenvalue weighted by Gasteiger charge is -2.19. The van der Waals surface area contributed by atoms with Crippen molar-refractivity contribution in [3.8, 4) is 11.5 Å². The number of thiophene rings is 1. The van der Waals surface area contributed by atoms with Gasteiger partial charge in [0.2, 0.25) is 5.91 Å². The van der Waals surface area contributed by atoms with E-state index in [0.29, 0.717) is 12.5 Å². The van der Waals surface area contributed by atoms with Gasteiger partial charge in [0, 0.05) is 6.42 Å². The fourth-order valence-corrected chi connectivity index (χ4v) is 4.03. The standard InChI is InChI=1S/C21H27NO3S/c1-15(22-21(23)10-7-16-11-12-26-14-16)17-8-9-19(20(13-17)24-2)25-18-5-3-4-6-18/h8-9,11-15,18H,3-7,10H2,1-2H3,(H,22,23)/t15-/m0/s1. The molecule has 4 nitrogen and oxygen atoms in total. The highest BCUT2D eigenvalue weighted by Gasteiger charge is 2.19. The van der Waals surface area contributed by atoms with Crippen LogP contribution in [0.25, 0.3) is 0 Å². The summed E-state index contributed by atoms with van der Waals surface area (Å²) in [7, 11) is 1.66. The van der Waals surface area contributed by atoms with Crippen LogP contribution in [0.15, 0.2) is 35.0 Å². The maximum atomic E-state index is 12.2. The minimum Gasteiger partial charge on any atom is -0.493 e. The molecule has 0 saturated heterocycles. The van der Waals surface area contributed by atoms with Gasteiger partial charge in [-0.05, 0) is 79.1 Å². The third kappa shape index (κ3) is 5.01. The van der Waals surface area contributed by atoms with Crippen LogP contribution in [-0.2, 0) is 11.2 Å². The average Bonchev–Trinajstić information content (AvgIpc) is 3.34. The lowest BCUT2D eigenvalue weighted by atomic mass is 10.1. The van der Waals surface area contributed by atoms with Crippen LogP contribution in [0.2, 0.25) is 0 Å². The Bertz CT molecular complexity index is 708. The van der Waals surface area contributed by atoms with Gasteiger partial charge in [0.1, 0.15) is 0 Å². The minimum atomic E-state index is -0.0700. The number of ether oxygens (including phenoxy) is 2. The van der Waals surface area contributed by atoms with Gasteiger partial charge >= 0.3 is 0 Å². The first-order valence-corrected chi connectivity index (χ1v) is 10.2. The van der Waals surface area contributed by atoms with Crippen molar-refractivity contribution >= 4 is 17.2 Å². The molecule has 0 aliphatic heterocycles. The third-order valence-electron chi connectivity index (χ3n) is 4.88. The second kappa shape index (κ2) is 9.08. The minimum absolute atomic E-state index is 0.0638. The normalized spacial score (nSPS) is 15.6. The summed E-state index contributed by atoms with van der Waals surface area (Å²) in [6, 6.07) is 7.93. The Morgan fingerprint density at radius 2 is 2.08 bits per heavy atom. The molecular formula is C21H27NO3S. The zero-order valence-electron chi connectivity index (χ0n) is 15.5. The molecule has 0 radical (unpaired) electrons. The van der Waals surface area contributed by atoms with E-state index in [2.05, 4.69) is 16.8 Å². The average molecular weight is 374 g/mol. The number of nitrogens with one attached hydrogen (secondary N) is 1. The fraction of sp³-hybridized carbons (Fsp3) is 0.476. The molecule has 1 amide bonds. The summed E-state index contributed by atoms with van der Waals surface area (Å²) < 4.78 is 11.6. The van der Waals surface area contributed by atoms with Crippen molar-refractivity contribution in [2.24, 2.45) is 0 Å². The second-order valence-corrected chi connectivity index (χ2v) is 7.64. The zero-order valence-corrected chi connectivity index (χ0v) is 16.3. The van der Waals surface area contributed by atoms with Gasteiger partial charge in [-0.25, -0.2) is 0 Å². The van der Waals surface area contributed by atoms with Gasteiger partial charge in [0.25, 0.3) is 0 Å². The summed E-state index contributed by atoms with van der Waals surface area (Å²) in [6.45, 7) is 1.99. The van der Waals surface area contributed by atoms with Gasteiger partial charge in [-0.1, -0.05) is 6.07 Å². The van der Waals surface area contributed by atoms with Crippen molar-refractivity contribution in [1.82, 2.24) is 5.32 Å². The Labute approximate surface area is 159 Å². The first-order valence-electron chi connectivity index (χ1n) is 9.30. The lowest BCUT2D eigenvalue weighted by Crippen LogP contribution is -2.26. The van der Waals surface area contributed by atoms with E-state index in [9.17, 15) is 4.79 Å². The van der Waals surface area contributed by atoms with E-state index in [4.69, 9.17) is 9.47 Å². The Morgan fingerprint density at radius 3 is 2.77 bits per heavy atom. The molecule has 0 spiro atoms. The van der Waals surface area contributed by atoms with E-state index in [1.165, 1.54) is 18.4 Å². The van der Waals surface area contributed by atoms with E-state index in [-0.39, 0.29) is 11.9 Å². The molecule has 26 heavy (non-hydrogen) atoms. The third-order valence-corrected chi connectivity index (χ3v) is 5.61. The Kier molecular flexibility index (Phi) is 6.56. The van der Waals surface area contributed by atoms with E-state index in [1.54, 1.807) is 18.4 Å². The number of methoxy groups -OCH3 is 1. The molecule has 1 saturated carbocycles. The summed E-state index contributed by atoms with van der Waals surface area (Å²) in [4.78, 5) is 12.2. The van der Waals surface area contributed by atoms with Gasteiger partial charge in [-0.15, -0.1) is 0 Å². The molecule has 1 atom stereocenters. The summed E-state index contributed by atoms with van der Waals surface area (Å²) in [5, 5.41) is 7.20. The molecule has 1 fully saturated rings. The van der Waals surface area contributed by atoms with Crippen LogP contribution < -0.4 is 14.8 Å². The van der Waals surface area contributed by atoms with E-state index in [0.717, 1.165) is 36.3 Å². The van der Waals surface area contributed by atoms with Crippen molar-refractivity contribution in [1.29, 1.82) is 0 Å². The summed E-state index contributed by atoms with van der Waals surface area (Å²) >= 11 is 1.66. The zero-order chi connectivity index (χ0) is 18.4. The molecule has 1 aliphatic rings. The van der Waals surface area contributed by atoms with Gasteiger partial charge in [-0.2, -0.15) is 11.3 Å². The predicted molar refractivity (Wildman–Crippen MR) is 105 cm³/mol. The maximum Gasteiger partial charge on any atom is 0.220 e. The largest absolute Gasteiger partial charge is 0.493 e. The van der Waals surface area contributed by atoms with Gasteiger partial charge in [0.05, 0.1) is 19.3 Å². The van der Waals surface area contributed by atoms with Crippen molar-refractivity contribution < 1.29 is 14.3 Å². The van der Waals surface area contributed by atoms with Crippen molar-refractivity contribution in [2.75, 3.05) is 7.11 Å². The number of hydrogen-bond donors (Lipinski definition) is 1. The van der Waals surface area contributed by atoms with E-state index < -0.39 is 0 Å². The first-order chi connectivity index (χ1) is 12.7. The molecule has 140 valence electrons. The van der Waals surface area contributed by atoms with Crippen LogP contribution in [-0.4, -0.2) is 19.1 Å². The van der Waals surface area contributed by atoms with Gasteiger partial charge in [0.15, 0.2) is 11.5 Å². The summed E-state index contributed by atoms with van der Waals surface area (Å²) in [5.74, 6) is 1.59. The molecule has 1 aliphatic carbocycles. The SMILES string of the molecule is COc1cc([C@H](C)NC(=O)CCc2ccsc2)ccc1OC1CCCC1. The van der Waals surface area contributed by atoms with E-state index in [1.807, 2.05) is 30.5 Å². The number of carbonyl (C=O) groups is 1. The van der Waals surface area contributed by atoms with E-state index >= 15 is 0 Å². The lowest BCUT2D eigenvalue weighted by molar-refractivity contribution is -0.121. The Hall–Kier alpha value is -2.01. The van der Waals surface area contributed by atoms with Crippen LogP contribution in [0.5, 0.6) is 11.5 Å². The number of aryl methyl sites for hydroxylation is 1.